The zero-order valence-corrected chi connectivity index (χ0v) is 14.4. The molecule has 1 saturated heterocycles. The van der Waals surface area contributed by atoms with Crippen LogP contribution in [0, 0.1) is 6.92 Å². The maximum atomic E-state index is 12.6. The van der Waals surface area contributed by atoms with Crippen LogP contribution in [0.1, 0.15) is 39.1 Å². The summed E-state index contributed by atoms with van der Waals surface area (Å²) in [6.45, 7) is 3.35. The van der Waals surface area contributed by atoms with Crippen molar-refractivity contribution in [2.75, 3.05) is 18.4 Å². The Bertz CT molecular complexity index is 880. The Balaban J connectivity index is 1.89. The fourth-order valence-electron chi connectivity index (χ4n) is 3.00. The molecule has 1 aliphatic rings. The van der Waals surface area contributed by atoms with Crippen LogP contribution in [-0.4, -0.2) is 34.4 Å². The van der Waals surface area contributed by atoms with E-state index < -0.39 is 0 Å². The number of carbonyl (C=O) groups is 2. The second kappa shape index (κ2) is 6.93. The standard InChI is InChI=1S/C19H21N3O3/c1-13-6-5-7-14(10-13)17(23)20-16-11-15(12-21(2)19(16)25)18(24)22-8-3-4-9-22/h5-7,10-12H,3-4,8-9H2,1-2H3,(H,20,23). The minimum atomic E-state index is -0.369. The lowest BCUT2D eigenvalue weighted by Crippen LogP contribution is -2.30. The van der Waals surface area contributed by atoms with Crippen molar-refractivity contribution < 1.29 is 9.59 Å². The highest BCUT2D eigenvalue weighted by molar-refractivity contribution is 6.05. The van der Waals surface area contributed by atoms with Crippen molar-refractivity contribution in [2.45, 2.75) is 19.8 Å². The van der Waals surface area contributed by atoms with Gasteiger partial charge in [0.2, 0.25) is 0 Å². The molecule has 0 spiro atoms. The van der Waals surface area contributed by atoms with Crippen LogP contribution < -0.4 is 10.9 Å². The lowest BCUT2D eigenvalue weighted by Gasteiger charge is -2.16. The van der Waals surface area contributed by atoms with Crippen molar-refractivity contribution in [1.29, 1.82) is 0 Å². The quantitative estimate of drug-likeness (QED) is 0.932. The fourth-order valence-corrected chi connectivity index (χ4v) is 3.00. The number of anilines is 1. The minimum absolute atomic E-state index is 0.110. The van der Waals surface area contributed by atoms with E-state index in [9.17, 15) is 14.4 Å². The first-order valence-corrected chi connectivity index (χ1v) is 8.33. The molecule has 0 aliphatic carbocycles. The molecule has 0 radical (unpaired) electrons. The van der Waals surface area contributed by atoms with E-state index in [1.54, 1.807) is 30.1 Å². The van der Waals surface area contributed by atoms with Crippen LogP contribution in [0.2, 0.25) is 0 Å². The van der Waals surface area contributed by atoms with E-state index in [0.717, 1.165) is 31.5 Å². The lowest BCUT2D eigenvalue weighted by atomic mass is 10.1. The molecule has 2 heterocycles. The largest absolute Gasteiger partial charge is 0.339 e. The molecule has 6 heteroatoms. The van der Waals surface area contributed by atoms with E-state index in [2.05, 4.69) is 5.32 Å². The molecular formula is C19H21N3O3. The molecule has 2 aromatic rings. The average Bonchev–Trinajstić information content (AvgIpc) is 3.12. The number of rotatable bonds is 3. The van der Waals surface area contributed by atoms with Crippen LogP contribution >= 0.6 is 0 Å². The van der Waals surface area contributed by atoms with Crippen LogP contribution in [0.5, 0.6) is 0 Å². The van der Waals surface area contributed by atoms with E-state index in [-0.39, 0.29) is 23.1 Å². The van der Waals surface area contributed by atoms with E-state index in [1.165, 1.54) is 16.8 Å². The molecule has 3 rings (SSSR count). The number of pyridine rings is 1. The molecule has 1 aromatic carbocycles. The maximum absolute atomic E-state index is 12.6. The van der Waals surface area contributed by atoms with E-state index in [0.29, 0.717) is 11.1 Å². The number of aryl methyl sites for hydroxylation is 2. The Hall–Kier alpha value is -2.89. The van der Waals surface area contributed by atoms with Gasteiger partial charge in [-0.3, -0.25) is 14.4 Å². The number of aromatic nitrogens is 1. The summed E-state index contributed by atoms with van der Waals surface area (Å²) >= 11 is 0. The van der Waals surface area contributed by atoms with Gasteiger partial charge in [-0.25, -0.2) is 0 Å². The number of nitrogens with one attached hydrogen (secondary N) is 1. The van der Waals surface area contributed by atoms with Crippen molar-refractivity contribution >= 4 is 17.5 Å². The average molecular weight is 339 g/mol. The molecule has 1 N–H and O–H groups in total. The van der Waals surface area contributed by atoms with Gasteiger partial charge in [-0.1, -0.05) is 17.7 Å². The number of likely N-dealkylation sites (tertiary alicyclic amines) is 1. The van der Waals surface area contributed by atoms with E-state index >= 15 is 0 Å². The van der Waals surface area contributed by atoms with Gasteiger partial charge in [0.05, 0.1) is 5.56 Å². The first-order valence-electron chi connectivity index (χ1n) is 8.33. The van der Waals surface area contributed by atoms with Crippen LogP contribution in [0.25, 0.3) is 0 Å². The smallest absolute Gasteiger partial charge is 0.274 e. The summed E-state index contributed by atoms with van der Waals surface area (Å²) in [4.78, 5) is 39.1. The Morgan fingerprint density at radius 2 is 1.80 bits per heavy atom. The summed E-state index contributed by atoms with van der Waals surface area (Å²) < 4.78 is 1.33. The van der Waals surface area contributed by atoms with Crippen molar-refractivity contribution in [2.24, 2.45) is 7.05 Å². The molecule has 0 unspecified atom stereocenters. The first kappa shape index (κ1) is 17.0. The van der Waals surface area contributed by atoms with Gasteiger partial charge in [0.1, 0.15) is 5.69 Å². The summed E-state index contributed by atoms with van der Waals surface area (Å²) in [6.07, 6.45) is 3.51. The summed E-state index contributed by atoms with van der Waals surface area (Å²) in [5.74, 6) is -0.481. The summed E-state index contributed by atoms with van der Waals surface area (Å²) in [5.41, 5.74) is 1.60. The zero-order chi connectivity index (χ0) is 18.0. The first-order chi connectivity index (χ1) is 12.0. The van der Waals surface area contributed by atoms with Crippen molar-refractivity contribution in [3.63, 3.8) is 0 Å². The zero-order valence-electron chi connectivity index (χ0n) is 14.4. The molecule has 6 nitrogen and oxygen atoms in total. The number of hydrogen-bond donors (Lipinski definition) is 1. The van der Waals surface area contributed by atoms with Gasteiger partial charge in [0.15, 0.2) is 0 Å². The Kier molecular flexibility index (Phi) is 4.70. The van der Waals surface area contributed by atoms with Crippen LogP contribution in [-0.2, 0) is 7.05 Å². The highest BCUT2D eigenvalue weighted by atomic mass is 16.2. The molecule has 0 bridgehead atoms. The van der Waals surface area contributed by atoms with E-state index in [4.69, 9.17) is 0 Å². The predicted octanol–water partition coefficient (Wildman–Crippen LogP) is 2.18. The monoisotopic (exact) mass is 339 g/mol. The number of benzene rings is 1. The second-order valence-corrected chi connectivity index (χ2v) is 6.38. The summed E-state index contributed by atoms with van der Waals surface area (Å²) in [5, 5.41) is 2.64. The molecule has 0 atom stereocenters. The van der Waals surface area contributed by atoms with Gasteiger partial charge in [0, 0.05) is 31.9 Å². The fraction of sp³-hybridized carbons (Fsp3) is 0.316. The van der Waals surface area contributed by atoms with Crippen LogP contribution in [0.15, 0.2) is 41.3 Å². The van der Waals surface area contributed by atoms with Crippen LogP contribution in [0.3, 0.4) is 0 Å². The normalized spacial score (nSPS) is 13.8. The Morgan fingerprint density at radius 1 is 1.08 bits per heavy atom. The molecule has 1 aliphatic heterocycles. The van der Waals surface area contributed by atoms with Gasteiger partial charge >= 0.3 is 0 Å². The molecule has 0 saturated carbocycles. The predicted molar refractivity (Wildman–Crippen MR) is 96.0 cm³/mol. The topological polar surface area (TPSA) is 71.4 Å². The SMILES string of the molecule is Cc1cccc(C(=O)Nc2cc(C(=O)N3CCCC3)cn(C)c2=O)c1. The third-order valence-electron chi connectivity index (χ3n) is 4.35. The minimum Gasteiger partial charge on any atom is -0.339 e. The summed E-state index contributed by atoms with van der Waals surface area (Å²) in [6, 6.07) is 8.59. The molecular weight excluding hydrogens is 318 g/mol. The summed E-state index contributed by atoms with van der Waals surface area (Å²) in [7, 11) is 1.57. The van der Waals surface area contributed by atoms with Gasteiger partial charge in [-0.15, -0.1) is 0 Å². The molecule has 1 fully saturated rings. The van der Waals surface area contributed by atoms with E-state index in [1.807, 2.05) is 13.0 Å². The van der Waals surface area contributed by atoms with Gasteiger partial charge in [-0.2, -0.15) is 0 Å². The molecule has 25 heavy (non-hydrogen) atoms. The maximum Gasteiger partial charge on any atom is 0.274 e. The Labute approximate surface area is 146 Å². The highest BCUT2D eigenvalue weighted by Crippen LogP contribution is 2.15. The molecule has 2 amide bonds. The second-order valence-electron chi connectivity index (χ2n) is 6.38. The molecule has 1 aromatic heterocycles. The van der Waals surface area contributed by atoms with Crippen molar-refractivity contribution in [3.05, 3.63) is 63.6 Å². The van der Waals surface area contributed by atoms with Gasteiger partial charge < -0.3 is 14.8 Å². The van der Waals surface area contributed by atoms with Crippen LogP contribution in [0.4, 0.5) is 5.69 Å². The Morgan fingerprint density at radius 3 is 2.48 bits per heavy atom. The van der Waals surface area contributed by atoms with Gasteiger partial charge in [0.25, 0.3) is 17.4 Å². The lowest BCUT2D eigenvalue weighted by molar-refractivity contribution is 0.0791. The third-order valence-corrected chi connectivity index (χ3v) is 4.35. The third kappa shape index (κ3) is 3.63. The van der Waals surface area contributed by atoms with Crippen molar-refractivity contribution in [1.82, 2.24) is 9.47 Å². The number of hydrogen-bond acceptors (Lipinski definition) is 3. The molecule has 130 valence electrons. The number of amides is 2. The number of carbonyl (C=O) groups excluding carboxylic acids is 2. The van der Waals surface area contributed by atoms with Gasteiger partial charge in [-0.05, 0) is 38.0 Å². The highest BCUT2D eigenvalue weighted by Gasteiger charge is 2.21. The number of nitrogens with zero attached hydrogens (tertiary/aromatic N) is 2. The van der Waals surface area contributed by atoms with Crippen molar-refractivity contribution in [3.8, 4) is 0 Å².